The number of benzene rings is 3. The number of hydrogen-bond acceptors (Lipinski definition) is 3. The molecule has 1 heterocycles. The van der Waals surface area contributed by atoms with E-state index in [9.17, 15) is 4.79 Å². The van der Waals surface area contributed by atoms with E-state index < -0.39 is 0 Å². The molecule has 4 nitrogen and oxygen atoms in total. The average Bonchev–Trinajstić information content (AvgIpc) is 2.81. The number of amides is 1. The zero-order chi connectivity index (χ0) is 22.3. The number of aromatic nitrogens is 1. The van der Waals surface area contributed by atoms with E-state index in [0.29, 0.717) is 10.6 Å². The van der Waals surface area contributed by atoms with Crippen molar-refractivity contribution in [3.63, 3.8) is 0 Å². The van der Waals surface area contributed by atoms with Gasteiger partial charge in [-0.2, -0.15) is 0 Å². The number of pyridine rings is 1. The summed E-state index contributed by atoms with van der Waals surface area (Å²) in [4.78, 5) is 17.4. The van der Waals surface area contributed by atoms with Gasteiger partial charge in [-0.15, -0.1) is 0 Å². The van der Waals surface area contributed by atoms with Crippen LogP contribution in [0.1, 0.15) is 21.6 Å². The molecule has 1 aromatic heterocycles. The highest BCUT2D eigenvalue weighted by molar-refractivity contribution is 6.30. The zero-order valence-corrected chi connectivity index (χ0v) is 18.6. The topological polar surface area (TPSA) is 54.0 Å². The third-order valence-electron chi connectivity index (χ3n) is 5.15. The zero-order valence-electron chi connectivity index (χ0n) is 17.8. The first kappa shape index (κ1) is 21.6. The molecule has 0 atom stereocenters. The Kier molecular flexibility index (Phi) is 6.83. The van der Waals surface area contributed by atoms with Crippen molar-refractivity contribution in [2.45, 2.75) is 13.3 Å². The maximum absolute atomic E-state index is 13.1. The fourth-order valence-electron chi connectivity index (χ4n) is 3.48. The van der Waals surface area contributed by atoms with Gasteiger partial charge in [-0.25, -0.2) is 0 Å². The molecular weight excluding hydrogens is 418 g/mol. The summed E-state index contributed by atoms with van der Waals surface area (Å²) in [6, 6.07) is 27.1. The second kappa shape index (κ2) is 10.1. The summed E-state index contributed by atoms with van der Waals surface area (Å²) in [7, 11) is 0. The van der Waals surface area contributed by atoms with E-state index in [2.05, 4.69) is 15.6 Å². The molecule has 0 radical (unpaired) electrons. The standard InChI is InChI=1S/C27H24ClN3O/c1-19-5-14-25(20-6-8-21(28)9-7-20)26(18-19)27(32)31-24-12-10-23(11-13-24)30-17-15-22-4-2-3-16-29-22/h2-14,16,18,30H,15,17H2,1H3,(H,31,32). The Morgan fingerprint density at radius 3 is 2.38 bits per heavy atom. The monoisotopic (exact) mass is 441 g/mol. The highest BCUT2D eigenvalue weighted by atomic mass is 35.5. The number of halogens is 1. The first-order valence-electron chi connectivity index (χ1n) is 10.5. The van der Waals surface area contributed by atoms with Crippen LogP contribution in [0.2, 0.25) is 5.02 Å². The van der Waals surface area contributed by atoms with Crippen molar-refractivity contribution in [3.05, 3.63) is 113 Å². The van der Waals surface area contributed by atoms with Gasteiger partial charge in [0.05, 0.1) is 0 Å². The van der Waals surface area contributed by atoms with Crippen LogP contribution in [0.4, 0.5) is 11.4 Å². The minimum Gasteiger partial charge on any atom is -0.385 e. The highest BCUT2D eigenvalue weighted by Gasteiger charge is 2.14. The molecule has 0 fully saturated rings. The first-order chi connectivity index (χ1) is 15.6. The molecule has 0 aliphatic rings. The maximum atomic E-state index is 13.1. The molecule has 2 N–H and O–H groups in total. The predicted molar refractivity (Wildman–Crippen MR) is 132 cm³/mol. The van der Waals surface area contributed by atoms with Gasteiger partial charge in [0.15, 0.2) is 0 Å². The van der Waals surface area contributed by atoms with E-state index >= 15 is 0 Å². The largest absolute Gasteiger partial charge is 0.385 e. The Morgan fingerprint density at radius 2 is 1.66 bits per heavy atom. The molecule has 0 aliphatic carbocycles. The number of rotatable bonds is 7. The van der Waals surface area contributed by atoms with Crippen LogP contribution in [0.15, 0.2) is 91.1 Å². The fraction of sp³-hybridized carbons (Fsp3) is 0.111. The van der Waals surface area contributed by atoms with Crippen LogP contribution in [-0.4, -0.2) is 17.4 Å². The van der Waals surface area contributed by atoms with Crippen LogP contribution in [0.5, 0.6) is 0 Å². The number of anilines is 2. The summed E-state index contributed by atoms with van der Waals surface area (Å²) in [5.41, 5.74) is 6.28. The number of nitrogens with zero attached hydrogens (tertiary/aromatic N) is 1. The van der Waals surface area contributed by atoms with E-state index in [-0.39, 0.29) is 5.91 Å². The Labute approximate surface area is 193 Å². The summed E-state index contributed by atoms with van der Waals surface area (Å²) in [5.74, 6) is -0.144. The average molecular weight is 442 g/mol. The van der Waals surface area contributed by atoms with Gasteiger partial charge in [-0.3, -0.25) is 9.78 Å². The molecule has 4 aromatic rings. The van der Waals surface area contributed by atoms with Gasteiger partial charge in [0.25, 0.3) is 5.91 Å². The lowest BCUT2D eigenvalue weighted by atomic mass is 9.97. The lowest BCUT2D eigenvalue weighted by Gasteiger charge is -2.13. The van der Waals surface area contributed by atoms with Gasteiger partial charge in [0.2, 0.25) is 0 Å². The van der Waals surface area contributed by atoms with Crippen molar-refractivity contribution < 1.29 is 4.79 Å². The van der Waals surface area contributed by atoms with Crippen molar-refractivity contribution in [2.24, 2.45) is 0 Å². The molecule has 4 rings (SSSR count). The van der Waals surface area contributed by atoms with E-state index in [0.717, 1.165) is 46.7 Å². The van der Waals surface area contributed by atoms with E-state index in [1.165, 1.54) is 0 Å². The van der Waals surface area contributed by atoms with Gasteiger partial charge in [-0.05, 0) is 72.6 Å². The SMILES string of the molecule is Cc1ccc(-c2ccc(Cl)cc2)c(C(=O)Nc2ccc(NCCc3ccccn3)cc2)c1. The molecule has 1 amide bonds. The summed E-state index contributed by atoms with van der Waals surface area (Å²) in [6.45, 7) is 2.77. The lowest BCUT2D eigenvalue weighted by molar-refractivity contribution is 0.102. The van der Waals surface area contributed by atoms with Crippen LogP contribution in [-0.2, 0) is 6.42 Å². The normalized spacial score (nSPS) is 10.6. The van der Waals surface area contributed by atoms with Gasteiger partial charge >= 0.3 is 0 Å². The van der Waals surface area contributed by atoms with Gasteiger partial charge in [0.1, 0.15) is 0 Å². The first-order valence-corrected chi connectivity index (χ1v) is 10.9. The molecule has 32 heavy (non-hydrogen) atoms. The van der Waals surface area contributed by atoms with Crippen LogP contribution < -0.4 is 10.6 Å². The molecular formula is C27H24ClN3O. The molecule has 0 saturated heterocycles. The number of carbonyl (C=O) groups is 1. The third kappa shape index (κ3) is 5.54. The summed E-state index contributed by atoms with van der Waals surface area (Å²) in [5, 5.41) is 7.07. The molecule has 0 unspecified atom stereocenters. The lowest BCUT2D eigenvalue weighted by Crippen LogP contribution is -2.13. The second-order valence-corrected chi connectivity index (χ2v) is 8.02. The smallest absolute Gasteiger partial charge is 0.256 e. The Hall–Kier alpha value is -3.63. The molecule has 0 bridgehead atoms. The van der Waals surface area contributed by atoms with E-state index in [4.69, 9.17) is 11.6 Å². The Balaban J connectivity index is 1.42. The van der Waals surface area contributed by atoms with Crippen molar-refractivity contribution in [1.29, 1.82) is 0 Å². The molecule has 0 saturated carbocycles. The van der Waals surface area contributed by atoms with Crippen molar-refractivity contribution in [1.82, 2.24) is 4.98 Å². The molecule has 3 aromatic carbocycles. The van der Waals surface area contributed by atoms with E-state index in [1.54, 1.807) is 6.20 Å². The number of aryl methyl sites for hydroxylation is 1. The highest BCUT2D eigenvalue weighted by Crippen LogP contribution is 2.27. The van der Waals surface area contributed by atoms with Crippen molar-refractivity contribution in [3.8, 4) is 11.1 Å². The molecule has 0 spiro atoms. The van der Waals surface area contributed by atoms with Gasteiger partial charge < -0.3 is 10.6 Å². The van der Waals surface area contributed by atoms with Gasteiger partial charge in [-0.1, -0.05) is 47.5 Å². The Morgan fingerprint density at radius 1 is 0.906 bits per heavy atom. The van der Waals surface area contributed by atoms with E-state index in [1.807, 2.05) is 91.9 Å². The summed E-state index contributed by atoms with van der Waals surface area (Å²) < 4.78 is 0. The predicted octanol–water partition coefficient (Wildman–Crippen LogP) is 6.62. The summed E-state index contributed by atoms with van der Waals surface area (Å²) in [6.07, 6.45) is 2.65. The third-order valence-corrected chi connectivity index (χ3v) is 5.41. The Bertz CT molecular complexity index is 1190. The number of nitrogens with one attached hydrogen (secondary N) is 2. The van der Waals surface area contributed by atoms with Crippen LogP contribution >= 0.6 is 11.6 Å². The van der Waals surface area contributed by atoms with Crippen molar-refractivity contribution >= 4 is 28.9 Å². The number of carbonyl (C=O) groups excluding carboxylic acids is 1. The van der Waals surface area contributed by atoms with Gasteiger partial charge in [0, 0.05) is 46.8 Å². The van der Waals surface area contributed by atoms with Crippen LogP contribution in [0.3, 0.4) is 0 Å². The second-order valence-electron chi connectivity index (χ2n) is 7.59. The quantitative estimate of drug-likeness (QED) is 0.339. The van der Waals surface area contributed by atoms with Crippen LogP contribution in [0.25, 0.3) is 11.1 Å². The summed E-state index contributed by atoms with van der Waals surface area (Å²) >= 11 is 6.02. The maximum Gasteiger partial charge on any atom is 0.256 e. The fourth-order valence-corrected chi connectivity index (χ4v) is 3.60. The molecule has 5 heteroatoms. The minimum absolute atomic E-state index is 0.144. The van der Waals surface area contributed by atoms with Crippen LogP contribution in [0, 0.1) is 6.92 Å². The minimum atomic E-state index is -0.144. The van der Waals surface area contributed by atoms with Crippen molar-refractivity contribution in [2.75, 3.05) is 17.2 Å². The molecule has 0 aliphatic heterocycles. The number of hydrogen-bond donors (Lipinski definition) is 2. The molecule has 160 valence electrons.